The highest BCUT2D eigenvalue weighted by Crippen LogP contribution is 2.27. The van der Waals surface area contributed by atoms with Crippen LogP contribution in [0.3, 0.4) is 0 Å². The molecule has 0 spiro atoms. The van der Waals surface area contributed by atoms with Gasteiger partial charge >= 0.3 is 0 Å². The second-order valence-electron chi connectivity index (χ2n) is 5.00. The SMILES string of the molecule is CN(C)c1ccc(Cl)cc1NC(=O)COc1ccccc1C#N. The van der Waals surface area contributed by atoms with Crippen LogP contribution >= 0.6 is 11.6 Å². The first-order chi connectivity index (χ1) is 11.0. The zero-order valence-electron chi connectivity index (χ0n) is 12.8. The van der Waals surface area contributed by atoms with Crippen LogP contribution in [0.4, 0.5) is 11.4 Å². The normalized spacial score (nSPS) is 9.83. The molecule has 0 fully saturated rings. The van der Waals surface area contributed by atoms with E-state index in [-0.39, 0.29) is 12.5 Å². The lowest BCUT2D eigenvalue weighted by molar-refractivity contribution is -0.118. The summed E-state index contributed by atoms with van der Waals surface area (Å²) in [5.41, 5.74) is 1.82. The number of para-hydroxylation sites is 1. The average Bonchev–Trinajstić information content (AvgIpc) is 2.53. The number of ether oxygens (including phenoxy) is 1. The van der Waals surface area contributed by atoms with E-state index < -0.39 is 0 Å². The Kier molecular flexibility index (Phi) is 5.45. The third-order valence-corrected chi connectivity index (χ3v) is 3.32. The van der Waals surface area contributed by atoms with E-state index in [9.17, 15) is 4.79 Å². The maximum Gasteiger partial charge on any atom is 0.262 e. The van der Waals surface area contributed by atoms with E-state index in [0.717, 1.165) is 5.69 Å². The molecule has 0 aromatic heterocycles. The Hall–Kier alpha value is -2.71. The standard InChI is InChI=1S/C17H16ClN3O2/c1-21(2)15-8-7-13(18)9-14(15)20-17(22)11-23-16-6-4-3-5-12(16)10-19/h3-9H,11H2,1-2H3,(H,20,22). The molecule has 5 nitrogen and oxygen atoms in total. The van der Waals surface area contributed by atoms with Crippen molar-refractivity contribution in [2.45, 2.75) is 0 Å². The van der Waals surface area contributed by atoms with Crippen molar-refractivity contribution in [3.63, 3.8) is 0 Å². The van der Waals surface area contributed by atoms with Crippen LogP contribution < -0.4 is 15.0 Å². The summed E-state index contributed by atoms with van der Waals surface area (Å²) < 4.78 is 5.41. The monoisotopic (exact) mass is 329 g/mol. The first-order valence-corrected chi connectivity index (χ1v) is 7.27. The lowest BCUT2D eigenvalue weighted by Crippen LogP contribution is -2.22. The minimum Gasteiger partial charge on any atom is -0.482 e. The second kappa shape index (κ2) is 7.52. The number of anilines is 2. The molecular formula is C17H16ClN3O2. The molecule has 0 radical (unpaired) electrons. The number of hydrogen-bond acceptors (Lipinski definition) is 4. The molecular weight excluding hydrogens is 314 g/mol. The molecule has 0 aliphatic heterocycles. The van der Waals surface area contributed by atoms with Crippen molar-refractivity contribution < 1.29 is 9.53 Å². The Labute approximate surface area is 140 Å². The number of carbonyl (C=O) groups excluding carboxylic acids is 1. The molecule has 0 aliphatic rings. The van der Waals surface area contributed by atoms with E-state index in [4.69, 9.17) is 21.6 Å². The Morgan fingerprint density at radius 1 is 1.30 bits per heavy atom. The smallest absolute Gasteiger partial charge is 0.262 e. The van der Waals surface area contributed by atoms with Gasteiger partial charge in [0.05, 0.1) is 16.9 Å². The highest BCUT2D eigenvalue weighted by molar-refractivity contribution is 6.31. The third-order valence-electron chi connectivity index (χ3n) is 3.08. The van der Waals surface area contributed by atoms with E-state index in [0.29, 0.717) is 22.0 Å². The van der Waals surface area contributed by atoms with E-state index in [1.54, 1.807) is 36.4 Å². The van der Waals surface area contributed by atoms with Crippen molar-refractivity contribution in [3.8, 4) is 11.8 Å². The lowest BCUT2D eigenvalue weighted by atomic mass is 10.2. The summed E-state index contributed by atoms with van der Waals surface area (Å²) in [5.74, 6) is 0.0483. The van der Waals surface area contributed by atoms with Gasteiger partial charge in [-0.25, -0.2) is 0 Å². The molecule has 0 unspecified atom stereocenters. The Balaban J connectivity index is 2.06. The Bertz CT molecular complexity index is 754. The van der Waals surface area contributed by atoms with E-state index >= 15 is 0 Å². The first kappa shape index (κ1) is 16.7. The number of carbonyl (C=O) groups is 1. The van der Waals surface area contributed by atoms with Gasteiger partial charge in [0, 0.05) is 19.1 Å². The molecule has 0 heterocycles. The molecule has 6 heteroatoms. The van der Waals surface area contributed by atoms with E-state index in [1.807, 2.05) is 31.1 Å². The predicted octanol–water partition coefficient (Wildman–Crippen LogP) is 3.30. The van der Waals surface area contributed by atoms with Crippen molar-refractivity contribution in [2.24, 2.45) is 0 Å². The van der Waals surface area contributed by atoms with Crippen molar-refractivity contribution >= 4 is 28.9 Å². The van der Waals surface area contributed by atoms with Gasteiger partial charge in [0.25, 0.3) is 5.91 Å². The fourth-order valence-electron chi connectivity index (χ4n) is 2.01. The number of benzene rings is 2. The maximum atomic E-state index is 12.1. The third kappa shape index (κ3) is 4.38. The zero-order valence-corrected chi connectivity index (χ0v) is 13.6. The predicted molar refractivity (Wildman–Crippen MR) is 91.1 cm³/mol. The zero-order chi connectivity index (χ0) is 16.8. The van der Waals surface area contributed by atoms with Crippen LogP contribution in [0.5, 0.6) is 5.75 Å². The Morgan fingerprint density at radius 2 is 2.04 bits per heavy atom. The summed E-state index contributed by atoms with van der Waals surface area (Å²) >= 11 is 5.98. The number of rotatable bonds is 5. The van der Waals surface area contributed by atoms with E-state index in [1.165, 1.54) is 0 Å². The highest BCUT2D eigenvalue weighted by atomic mass is 35.5. The number of nitriles is 1. The van der Waals surface area contributed by atoms with Crippen molar-refractivity contribution in [1.82, 2.24) is 0 Å². The molecule has 1 N–H and O–H groups in total. The van der Waals surface area contributed by atoms with Crippen LogP contribution in [0.1, 0.15) is 5.56 Å². The second-order valence-corrected chi connectivity index (χ2v) is 5.44. The number of nitrogens with one attached hydrogen (secondary N) is 1. The molecule has 0 atom stereocenters. The van der Waals surface area contributed by atoms with Crippen LogP contribution in [0.25, 0.3) is 0 Å². The van der Waals surface area contributed by atoms with Crippen molar-refractivity contribution in [2.75, 3.05) is 30.9 Å². The molecule has 0 bridgehead atoms. The first-order valence-electron chi connectivity index (χ1n) is 6.90. The molecule has 118 valence electrons. The minimum absolute atomic E-state index is 0.196. The molecule has 2 aromatic rings. The lowest BCUT2D eigenvalue weighted by Gasteiger charge is -2.18. The molecule has 0 saturated carbocycles. The summed E-state index contributed by atoms with van der Waals surface area (Å²) in [6.07, 6.45) is 0. The largest absolute Gasteiger partial charge is 0.482 e. The molecule has 0 saturated heterocycles. The highest BCUT2D eigenvalue weighted by Gasteiger charge is 2.11. The van der Waals surface area contributed by atoms with E-state index in [2.05, 4.69) is 5.32 Å². The van der Waals surface area contributed by atoms with Gasteiger partial charge in [-0.3, -0.25) is 4.79 Å². The van der Waals surface area contributed by atoms with Crippen LogP contribution in [-0.4, -0.2) is 26.6 Å². The summed E-state index contributed by atoms with van der Waals surface area (Å²) in [5, 5.41) is 12.3. The van der Waals surface area contributed by atoms with Crippen LogP contribution in [0.2, 0.25) is 5.02 Å². The number of halogens is 1. The van der Waals surface area contributed by atoms with Gasteiger partial charge in [0.15, 0.2) is 6.61 Å². The maximum absolute atomic E-state index is 12.1. The van der Waals surface area contributed by atoms with Crippen LogP contribution in [-0.2, 0) is 4.79 Å². The van der Waals surface area contributed by atoms with Gasteiger partial charge in [0.2, 0.25) is 0 Å². The fourth-order valence-corrected chi connectivity index (χ4v) is 2.18. The summed E-state index contributed by atoms with van der Waals surface area (Å²) in [6.45, 7) is -0.196. The summed E-state index contributed by atoms with van der Waals surface area (Å²) in [6, 6.07) is 14.0. The molecule has 23 heavy (non-hydrogen) atoms. The average molecular weight is 330 g/mol. The van der Waals surface area contributed by atoms with Gasteiger partial charge < -0.3 is 15.0 Å². The van der Waals surface area contributed by atoms with Gasteiger partial charge in [-0.1, -0.05) is 23.7 Å². The Morgan fingerprint density at radius 3 is 2.74 bits per heavy atom. The molecule has 2 rings (SSSR count). The topological polar surface area (TPSA) is 65.4 Å². The van der Waals surface area contributed by atoms with Gasteiger partial charge in [-0.2, -0.15) is 5.26 Å². The van der Waals surface area contributed by atoms with Gasteiger partial charge in [-0.05, 0) is 30.3 Å². The quantitative estimate of drug-likeness (QED) is 0.914. The summed E-state index contributed by atoms with van der Waals surface area (Å²) in [7, 11) is 3.75. The molecule has 0 aliphatic carbocycles. The number of amides is 1. The summed E-state index contributed by atoms with van der Waals surface area (Å²) in [4.78, 5) is 14.0. The number of hydrogen-bond donors (Lipinski definition) is 1. The molecule has 2 aromatic carbocycles. The number of nitrogens with zero attached hydrogens (tertiary/aromatic N) is 2. The van der Waals surface area contributed by atoms with Crippen molar-refractivity contribution in [1.29, 1.82) is 5.26 Å². The molecule has 1 amide bonds. The van der Waals surface area contributed by atoms with Crippen molar-refractivity contribution in [3.05, 3.63) is 53.1 Å². The van der Waals surface area contributed by atoms with Gasteiger partial charge in [-0.15, -0.1) is 0 Å². The van der Waals surface area contributed by atoms with Crippen LogP contribution in [0, 0.1) is 11.3 Å². The fraction of sp³-hybridized carbons (Fsp3) is 0.176. The van der Waals surface area contributed by atoms with Crippen LogP contribution in [0.15, 0.2) is 42.5 Å². The van der Waals surface area contributed by atoms with Gasteiger partial charge in [0.1, 0.15) is 11.8 Å². The minimum atomic E-state index is -0.330.